The quantitative estimate of drug-likeness (QED) is 0.384. The summed E-state index contributed by atoms with van der Waals surface area (Å²) in [7, 11) is 0. The average Bonchev–Trinajstić information content (AvgIpc) is 2.66. The fourth-order valence-electron chi connectivity index (χ4n) is 0.776. The predicted molar refractivity (Wildman–Crippen MR) is 57.2 cm³/mol. The molecule has 88 valence electrons. The van der Waals surface area contributed by atoms with Crippen molar-refractivity contribution in [3.8, 4) is 0 Å². The minimum absolute atomic E-state index is 0.187. The molecule has 0 aliphatic rings. The van der Waals surface area contributed by atoms with E-state index in [0.717, 1.165) is 0 Å². The Hall–Kier alpha value is -1.02. The lowest BCUT2D eigenvalue weighted by Gasteiger charge is -1.94. The first-order valence-corrected chi connectivity index (χ1v) is 5.89. The number of hydrogen-bond donors (Lipinski definition) is 1. The minimum atomic E-state index is -2.27. The standard InChI is InChI=1S/C8H7F3N2OS2/c9-6(7(10)11)1-2-15-8-12-3-5(16-8)4-13-14/h3-4,14H,1-2H2/b13-4+. The first-order valence-electron chi connectivity index (χ1n) is 4.09. The van der Waals surface area contributed by atoms with Crippen molar-refractivity contribution in [3.63, 3.8) is 0 Å². The first-order chi connectivity index (χ1) is 7.63. The van der Waals surface area contributed by atoms with Gasteiger partial charge in [-0.05, 0) is 0 Å². The van der Waals surface area contributed by atoms with Crippen molar-refractivity contribution in [3.05, 3.63) is 23.0 Å². The largest absolute Gasteiger partial charge is 0.411 e. The van der Waals surface area contributed by atoms with Gasteiger partial charge in [0.15, 0.2) is 5.83 Å². The third kappa shape index (κ3) is 4.23. The summed E-state index contributed by atoms with van der Waals surface area (Å²) < 4.78 is 36.4. The molecule has 1 N–H and O–H groups in total. The normalized spacial score (nSPS) is 10.9. The summed E-state index contributed by atoms with van der Waals surface area (Å²) in [5.41, 5.74) is 0. The zero-order chi connectivity index (χ0) is 12.0. The van der Waals surface area contributed by atoms with Gasteiger partial charge in [-0.15, -0.1) is 11.3 Å². The Kier molecular flexibility index (Phi) is 5.33. The maximum absolute atomic E-state index is 12.4. The number of halogens is 3. The molecule has 0 saturated carbocycles. The molecule has 1 aromatic rings. The lowest BCUT2D eigenvalue weighted by Crippen LogP contribution is -1.81. The maximum Gasteiger partial charge on any atom is 0.301 e. The summed E-state index contributed by atoms with van der Waals surface area (Å²) in [4.78, 5) is 4.57. The molecular weight excluding hydrogens is 261 g/mol. The Morgan fingerprint density at radius 2 is 2.31 bits per heavy atom. The highest BCUT2D eigenvalue weighted by Crippen LogP contribution is 2.26. The number of rotatable bonds is 5. The van der Waals surface area contributed by atoms with Gasteiger partial charge in [0.25, 0.3) is 0 Å². The molecule has 0 aromatic carbocycles. The Morgan fingerprint density at radius 1 is 1.56 bits per heavy atom. The van der Waals surface area contributed by atoms with Crippen LogP contribution in [-0.2, 0) is 0 Å². The second-order valence-electron chi connectivity index (χ2n) is 2.54. The zero-order valence-corrected chi connectivity index (χ0v) is 9.49. The van der Waals surface area contributed by atoms with E-state index in [2.05, 4.69) is 10.1 Å². The van der Waals surface area contributed by atoms with Crippen LogP contribution in [0.2, 0.25) is 0 Å². The van der Waals surface area contributed by atoms with Crippen LogP contribution in [0.25, 0.3) is 0 Å². The van der Waals surface area contributed by atoms with Gasteiger partial charge >= 0.3 is 6.08 Å². The van der Waals surface area contributed by atoms with Gasteiger partial charge in [0.1, 0.15) is 4.34 Å². The molecule has 1 rings (SSSR count). The summed E-state index contributed by atoms with van der Waals surface area (Å²) in [5.74, 6) is -1.20. The number of oxime groups is 1. The Balaban J connectivity index is 2.40. The first kappa shape index (κ1) is 13.0. The molecule has 0 unspecified atom stereocenters. The van der Waals surface area contributed by atoms with Crippen molar-refractivity contribution in [2.45, 2.75) is 10.8 Å². The highest BCUT2D eigenvalue weighted by atomic mass is 32.2. The Labute approximate surface area is 97.7 Å². The lowest BCUT2D eigenvalue weighted by atomic mass is 10.4. The van der Waals surface area contributed by atoms with Gasteiger partial charge in [0.2, 0.25) is 0 Å². The van der Waals surface area contributed by atoms with Crippen LogP contribution in [0.15, 0.2) is 27.6 Å². The van der Waals surface area contributed by atoms with E-state index in [1.165, 1.54) is 35.5 Å². The maximum atomic E-state index is 12.4. The third-order valence-electron chi connectivity index (χ3n) is 1.44. The Bertz CT molecular complexity index is 402. The van der Waals surface area contributed by atoms with Crippen LogP contribution in [0.4, 0.5) is 13.2 Å². The van der Waals surface area contributed by atoms with E-state index in [1.807, 2.05) is 0 Å². The van der Waals surface area contributed by atoms with E-state index in [0.29, 0.717) is 9.22 Å². The molecule has 3 nitrogen and oxygen atoms in total. The van der Waals surface area contributed by atoms with Crippen LogP contribution in [0.3, 0.4) is 0 Å². The van der Waals surface area contributed by atoms with Gasteiger partial charge in [-0.2, -0.15) is 8.78 Å². The van der Waals surface area contributed by atoms with Gasteiger partial charge in [-0.3, -0.25) is 0 Å². The van der Waals surface area contributed by atoms with Gasteiger partial charge in [-0.1, -0.05) is 16.9 Å². The van der Waals surface area contributed by atoms with Crippen molar-refractivity contribution in [2.24, 2.45) is 5.16 Å². The number of thiazole rings is 1. The van der Waals surface area contributed by atoms with Crippen LogP contribution in [0.1, 0.15) is 11.3 Å². The van der Waals surface area contributed by atoms with Crippen LogP contribution in [0.5, 0.6) is 0 Å². The van der Waals surface area contributed by atoms with Gasteiger partial charge < -0.3 is 5.21 Å². The second-order valence-corrected chi connectivity index (χ2v) is 4.94. The van der Waals surface area contributed by atoms with E-state index in [1.54, 1.807) is 0 Å². The minimum Gasteiger partial charge on any atom is -0.411 e. The van der Waals surface area contributed by atoms with Crippen LogP contribution < -0.4 is 0 Å². The molecule has 0 fully saturated rings. The molecule has 0 spiro atoms. The molecule has 0 aliphatic heterocycles. The van der Waals surface area contributed by atoms with Crippen LogP contribution in [0, 0.1) is 0 Å². The molecule has 1 aromatic heterocycles. The van der Waals surface area contributed by atoms with Crippen LogP contribution >= 0.6 is 23.1 Å². The van der Waals surface area contributed by atoms with Crippen molar-refractivity contribution in [1.29, 1.82) is 0 Å². The molecular formula is C8H7F3N2OS2. The summed E-state index contributed by atoms with van der Waals surface area (Å²) in [5, 5.41) is 11.1. The predicted octanol–water partition coefficient (Wildman–Crippen LogP) is 3.51. The third-order valence-corrected chi connectivity index (χ3v) is 3.53. The second kappa shape index (κ2) is 6.54. The van der Waals surface area contributed by atoms with Gasteiger partial charge in [0.05, 0.1) is 11.1 Å². The van der Waals surface area contributed by atoms with Crippen LogP contribution in [-0.4, -0.2) is 22.2 Å². The summed E-state index contributed by atoms with van der Waals surface area (Å²) in [6, 6.07) is 0. The fraction of sp³-hybridized carbons (Fsp3) is 0.250. The van der Waals surface area contributed by atoms with E-state index in [4.69, 9.17) is 5.21 Å². The van der Waals surface area contributed by atoms with Gasteiger partial charge in [0, 0.05) is 18.4 Å². The average molecular weight is 268 g/mol. The SMILES string of the molecule is O/N=C/c1cnc(SCCC(F)=C(F)F)s1. The molecule has 0 bridgehead atoms. The van der Waals surface area contributed by atoms with Crippen molar-refractivity contribution >= 4 is 29.3 Å². The lowest BCUT2D eigenvalue weighted by molar-refractivity contribution is 0.322. The summed E-state index contributed by atoms with van der Waals surface area (Å²) in [6.07, 6.45) is 0.0986. The molecule has 0 aliphatic carbocycles. The summed E-state index contributed by atoms with van der Waals surface area (Å²) in [6.45, 7) is 0. The molecule has 16 heavy (non-hydrogen) atoms. The van der Waals surface area contributed by atoms with E-state index < -0.39 is 11.9 Å². The van der Waals surface area contributed by atoms with Crippen molar-refractivity contribution in [1.82, 2.24) is 4.98 Å². The van der Waals surface area contributed by atoms with E-state index >= 15 is 0 Å². The van der Waals surface area contributed by atoms with E-state index in [9.17, 15) is 13.2 Å². The van der Waals surface area contributed by atoms with E-state index in [-0.39, 0.29) is 12.2 Å². The van der Waals surface area contributed by atoms with Gasteiger partial charge in [-0.25, -0.2) is 9.37 Å². The Morgan fingerprint density at radius 3 is 2.94 bits per heavy atom. The molecule has 8 heteroatoms. The molecule has 0 amide bonds. The number of allylic oxidation sites excluding steroid dienone is 1. The molecule has 0 saturated heterocycles. The number of nitrogens with zero attached hydrogens (tertiary/aromatic N) is 2. The highest BCUT2D eigenvalue weighted by molar-refractivity contribution is 8.01. The number of hydrogen-bond acceptors (Lipinski definition) is 5. The molecule has 0 radical (unpaired) electrons. The number of aromatic nitrogens is 1. The molecule has 0 atom stereocenters. The smallest absolute Gasteiger partial charge is 0.301 e. The topological polar surface area (TPSA) is 45.5 Å². The fourth-order valence-corrected chi connectivity index (χ4v) is 2.65. The zero-order valence-electron chi connectivity index (χ0n) is 7.86. The monoisotopic (exact) mass is 268 g/mol. The molecule has 1 heterocycles. The van der Waals surface area contributed by atoms with Crippen molar-refractivity contribution < 1.29 is 18.4 Å². The highest BCUT2D eigenvalue weighted by Gasteiger charge is 2.06. The summed E-state index contributed by atoms with van der Waals surface area (Å²) >= 11 is 2.40. The van der Waals surface area contributed by atoms with Crippen molar-refractivity contribution in [2.75, 3.05) is 5.75 Å². The number of thioether (sulfide) groups is 1.